The quantitative estimate of drug-likeness (QED) is 0.740. The Morgan fingerprint density at radius 3 is 2.36 bits per heavy atom. The lowest BCUT2D eigenvalue weighted by Gasteiger charge is -2.62. The lowest BCUT2D eigenvalue weighted by atomic mass is 9.44. The zero-order valence-corrected chi connectivity index (χ0v) is 18.6. The molecule has 0 aromatic rings. The summed E-state index contributed by atoms with van der Waals surface area (Å²) in [6, 6.07) is 0.837. The van der Waals surface area contributed by atoms with E-state index in [4.69, 9.17) is 0 Å². The molecule has 1 aliphatic heterocycles. The summed E-state index contributed by atoms with van der Waals surface area (Å²) in [6.45, 7) is 12.2. The second-order valence-corrected chi connectivity index (χ2v) is 11.8. The lowest BCUT2D eigenvalue weighted by molar-refractivity contribution is -0.130. The Labute approximate surface area is 173 Å². The maximum Gasteiger partial charge on any atom is 0.0545 e. The van der Waals surface area contributed by atoms with Crippen LogP contribution in [0.2, 0.25) is 0 Å². The number of nitrogens with one attached hydrogen (secondary N) is 1. The Morgan fingerprint density at radius 2 is 1.61 bits per heavy atom. The molecule has 4 aliphatic carbocycles. The predicted molar refractivity (Wildman–Crippen MR) is 115 cm³/mol. The summed E-state index contributed by atoms with van der Waals surface area (Å²) in [5, 5.41) is 14.0. The number of hydrogen-bond acceptors (Lipinski definition) is 3. The van der Waals surface area contributed by atoms with E-state index in [0.717, 1.165) is 29.7 Å². The van der Waals surface area contributed by atoms with Gasteiger partial charge in [-0.1, -0.05) is 13.8 Å². The van der Waals surface area contributed by atoms with Crippen LogP contribution in [0.1, 0.15) is 78.6 Å². The van der Waals surface area contributed by atoms with Crippen molar-refractivity contribution in [3.8, 4) is 0 Å². The normalized spacial score (nSPS) is 53.1. The molecule has 2 N–H and O–H groups in total. The van der Waals surface area contributed by atoms with Gasteiger partial charge in [-0.2, -0.15) is 0 Å². The molecule has 1 saturated heterocycles. The van der Waals surface area contributed by atoms with Gasteiger partial charge >= 0.3 is 0 Å². The zero-order chi connectivity index (χ0) is 19.5. The standard InChI is InChI=1S/C25H44N2O/c1-17(28)21-8-9-22-20-7-5-18-4-6-19(27-14-12-26-13-15-27)16-25(18,3)23(20)10-11-24(21,22)2/h17-23,26,28H,4-16H2,1-3H3. The first-order chi connectivity index (χ1) is 13.4. The minimum absolute atomic E-state index is 0.120. The van der Waals surface area contributed by atoms with Crippen LogP contribution in [0.4, 0.5) is 0 Å². The van der Waals surface area contributed by atoms with Gasteiger partial charge in [-0.05, 0) is 105 Å². The van der Waals surface area contributed by atoms with Crippen LogP contribution >= 0.6 is 0 Å². The van der Waals surface area contributed by atoms with Crippen LogP contribution in [0.5, 0.6) is 0 Å². The highest BCUT2D eigenvalue weighted by Crippen LogP contribution is 2.67. The van der Waals surface area contributed by atoms with E-state index in [1.165, 1.54) is 84.0 Å². The van der Waals surface area contributed by atoms with Crippen molar-refractivity contribution < 1.29 is 5.11 Å². The number of rotatable bonds is 2. The Bertz CT molecular complexity index is 573. The number of hydrogen-bond donors (Lipinski definition) is 2. The van der Waals surface area contributed by atoms with Gasteiger partial charge in [-0.25, -0.2) is 0 Å². The van der Waals surface area contributed by atoms with Gasteiger partial charge in [0, 0.05) is 32.2 Å². The molecular weight excluding hydrogens is 344 g/mol. The average molecular weight is 389 g/mol. The Balaban J connectivity index is 1.37. The van der Waals surface area contributed by atoms with E-state index in [-0.39, 0.29) is 6.10 Å². The summed E-state index contributed by atoms with van der Waals surface area (Å²) in [7, 11) is 0. The Kier molecular flexibility index (Phi) is 5.12. The number of aliphatic hydroxyl groups excluding tert-OH is 1. The van der Waals surface area contributed by atoms with E-state index in [9.17, 15) is 5.11 Å². The van der Waals surface area contributed by atoms with Gasteiger partial charge in [0.1, 0.15) is 0 Å². The van der Waals surface area contributed by atoms with Crippen LogP contribution in [0.15, 0.2) is 0 Å². The summed E-state index contributed by atoms with van der Waals surface area (Å²) in [4.78, 5) is 2.83. The van der Waals surface area contributed by atoms with Gasteiger partial charge in [-0.3, -0.25) is 4.90 Å². The number of fused-ring (bicyclic) bond motifs is 5. The van der Waals surface area contributed by atoms with Crippen molar-refractivity contribution >= 4 is 0 Å². The van der Waals surface area contributed by atoms with Gasteiger partial charge < -0.3 is 10.4 Å². The maximum atomic E-state index is 10.5. The van der Waals surface area contributed by atoms with Gasteiger partial charge in [0.15, 0.2) is 0 Å². The molecule has 3 heteroatoms. The molecule has 0 radical (unpaired) electrons. The first kappa shape index (κ1) is 19.8. The average Bonchev–Trinajstić information content (AvgIpc) is 3.05. The van der Waals surface area contributed by atoms with Crippen molar-refractivity contribution in [2.75, 3.05) is 26.2 Å². The SMILES string of the molecule is CC(O)C1CCC2C3CCC4CCC(N5CCNCC5)CC4(C)C3CCC12C. The molecule has 5 fully saturated rings. The Hall–Kier alpha value is -0.120. The van der Waals surface area contributed by atoms with E-state index in [1.807, 2.05) is 0 Å². The molecule has 28 heavy (non-hydrogen) atoms. The molecule has 0 amide bonds. The topological polar surface area (TPSA) is 35.5 Å². The molecule has 4 saturated carbocycles. The van der Waals surface area contributed by atoms with E-state index in [0.29, 0.717) is 16.7 Å². The molecule has 5 aliphatic rings. The molecule has 0 aromatic carbocycles. The fraction of sp³-hybridized carbons (Fsp3) is 1.00. The van der Waals surface area contributed by atoms with Crippen LogP contribution < -0.4 is 5.32 Å². The second kappa shape index (κ2) is 7.24. The number of aliphatic hydroxyl groups is 1. The van der Waals surface area contributed by atoms with Crippen molar-refractivity contribution in [1.82, 2.24) is 10.2 Å². The van der Waals surface area contributed by atoms with Crippen molar-refractivity contribution in [2.45, 2.75) is 90.7 Å². The van der Waals surface area contributed by atoms with Gasteiger partial charge in [0.25, 0.3) is 0 Å². The van der Waals surface area contributed by atoms with Crippen molar-refractivity contribution in [1.29, 1.82) is 0 Å². The first-order valence-corrected chi connectivity index (χ1v) is 12.6. The first-order valence-electron chi connectivity index (χ1n) is 12.6. The molecule has 160 valence electrons. The lowest BCUT2D eigenvalue weighted by Crippen LogP contribution is -2.58. The summed E-state index contributed by atoms with van der Waals surface area (Å²) in [6.07, 6.45) is 12.7. The Morgan fingerprint density at radius 1 is 0.893 bits per heavy atom. The molecular formula is C25H44N2O. The zero-order valence-electron chi connectivity index (χ0n) is 18.6. The number of piperazine rings is 1. The molecule has 1 heterocycles. The highest BCUT2D eigenvalue weighted by Gasteiger charge is 2.60. The fourth-order valence-electron chi connectivity index (χ4n) is 9.52. The minimum atomic E-state index is -0.120. The van der Waals surface area contributed by atoms with Gasteiger partial charge in [0.2, 0.25) is 0 Å². The molecule has 5 rings (SSSR count). The van der Waals surface area contributed by atoms with Crippen molar-refractivity contribution in [2.24, 2.45) is 40.4 Å². The van der Waals surface area contributed by atoms with E-state index < -0.39 is 0 Å². The smallest absolute Gasteiger partial charge is 0.0545 e. The predicted octanol–water partition coefficient (Wildman–Crippen LogP) is 4.30. The van der Waals surface area contributed by atoms with Gasteiger partial charge in [0.05, 0.1) is 6.10 Å². The van der Waals surface area contributed by atoms with E-state index in [1.54, 1.807) is 0 Å². The second-order valence-electron chi connectivity index (χ2n) is 11.8. The molecule has 0 bridgehead atoms. The van der Waals surface area contributed by atoms with Crippen LogP contribution in [0, 0.1) is 40.4 Å². The highest BCUT2D eigenvalue weighted by molar-refractivity contribution is 5.10. The molecule has 3 nitrogen and oxygen atoms in total. The van der Waals surface area contributed by atoms with Crippen molar-refractivity contribution in [3.63, 3.8) is 0 Å². The van der Waals surface area contributed by atoms with E-state index >= 15 is 0 Å². The van der Waals surface area contributed by atoms with Crippen LogP contribution in [-0.4, -0.2) is 48.3 Å². The molecule has 9 atom stereocenters. The summed E-state index contributed by atoms with van der Waals surface area (Å²) < 4.78 is 0. The van der Waals surface area contributed by atoms with E-state index in [2.05, 4.69) is 31.0 Å². The molecule has 0 spiro atoms. The molecule has 0 aromatic heterocycles. The van der Waals surface area contributed by atoms with Crippen molar-refractivity contribution in [3.05, 3.63) is 0 Å². The third kappa shape index (κ3) is 2.94. The third-order valence-corrected chi connectivity index (χ3v) is 10.9. The molecule has 9 unspecified atom stereocenters. The highest BCUT2D eigenvalue weighted by atomic mass is 16.3. The maximum absolute atomic E-state index is 10.5. The number of nitrogens with zero attached hydrogens (tertiary/aromatic N) is 1. The minimum Gasteiger partial charge on any atom is -0.393 e. The fourth-order valence-corrected chi connectivity index (χ4v) is 9.52. The van der Waals surface area contributed by atoms with Crippen LogP contribution in [-0.2, 0) is 0 Å². The monoisotopic (exact) mass is 388 g/mol. The third-order valence-electron chi connectivity index (χ3n) is 10.9. The summed E-state index contributed by atoms with van der Waals surface area (Å²) >= 11 is 0. The largest absolute Gasteiger partial charge is 0.393 e. The van der Waals surface area contributed by atoms with Crippen LogP contribution in [0.3, 0.4) is 0 Å². The van der Waals surface area contributed by atoms with Crippen LogP contribution in [0.25, 0.3) is 0 Å². The summed E-state index contributed by atoms with van der Waals surface area (Å²) in [5.41, 5.74) is 0.978. The van der Waals surface area contributed by atoms with Gasteiger partial charge in [-0.15, -0.1) is 0 Å². The summed E-state index contributed by atoms with van der Waals surface area (Å²) in [5.74, 6) is 4.28.